The van der Waals surface area contributed by atoms with E-state index in [1.807, 2.05) is 10.9 Å². The van der Waals surface area contributed by atoms with Crippen molar-refractivity contribution in [2.45, 2.75) is 26.9 Å². The van der Waals surface area contributed by atoms with Gasteiger partial charge in [0.05, 0.1) is 6.20 Å². The first-order chi connectivity index (χ1) is 9.10. The fourth-order valence-electron chi connectivity index (χ4n) is 1.99. The van der Waals surface area contributed by atoms with Crippen molar-refractivity contribution in [1.82, 2.24) is 9.78 Å². The number of benzene rings is 1. The third kappa shape index (κ3) is 3.28. The first-order valence-corrected chi connectivity index (χ1v) is 6.63. The zero-order valence-corrected chi connectivity index (χ0v) is 12.1. The second-order valence-corrected chi connectivity index (χ2v) is 4.95. The third-order valence-corrected chi connectivity index (χ3v) is 3.22. The SMILES string of the molecule is CCn1cc(CNc2ccc(N(C)C)cc2C)cn1. The van der Waals surface area contributed by atoms with Gasteiger partial charge in [-0.3, -0.25) is 4.68 Å². The van der Waals surface area contributed by atoms with Gasteiger partial charge < -0.3 is 10.2 Å². The maximum absolute atomic E-state index is 4.28. The molecule has 102 valence electrons. The molecule has 0 aliphatic rings. The molecule has 0 saturated heterocycles. The van der Waals surface area contributed by atoms with E-state index >= 15 is 0 Å². The molecule has 0 atom stereocenters. The van der Waals surface area contributed by atoms with E-state index in [1.165, 1.54) is 22.5 Å². The lowest BCUT2D eigenvalue weighted by Crippen LogP contribution is -2.09. The summed E-state index contributed by atoms with van der Waals surface area (Å²) in [6, 6.07) is 6.46. The van der Waals surface area contributed by atoms with Crippen molar-refractivity contribution in [3.05, 3.63) is 41.7 Å². The second-order valence-electron chi connectivity index (χ2n) is 4.95. The van der Waals surface area contributed by atoms with Gasteiger partial charge in [-0.2, -0.15) is 5.10 Å². The Morgan fingerprint density at radius 2 is 2.11 bits per heavy atom. The molecule has 0 spiro atoms. The average molecular weight is 258 g/mol. The largest absolute Gasteiger partial charge is 0.381 e. The molecule has 0 radical (unpaired) electrons. The Bertz CT molecular complexity index is 543. The van der Waals surface area contributed by atoms with Gasteiger partial charge in [0.1, 0.15) is 0 Å². The molecule has 4 nitrogen and oxygen atoms in total. The number of hydrogen-bond acceptors (Lipinski definition) is 3. The van der Waals surface area contributed by atoms with Crippen molar-refractivity contribution in [1.29, 1.82) is 0 Å². The minimum Gasteiger partial charge on any atom is -0.381 e. The van der Waals surface area contributed by atoms with Crippen LogP contribution in [-0.2, 0) is 13.1 Å². The number of nitrogens with zero attached hydrogens (tertiary/aromatic N) is 3. The van der Waals surface area contributed by atoms with Crippen molar-refractivity contribution in [2.24, 2.45) is 0 Å². The summed E-state index contributed by atoms with van der Waals surface area (Å²) in [6.07, 6.45) is 4.00. The van der Waals surface area contributed by atoms with E-state index in [4.69, 9.17) is 0 Å². The first kappa shape index (κ1) is 13.5. The van der Waals surface area contributed by atoms with Gasteiger partial charge >= 0.3 is 0 Å². The fourth-order valence-corrected chi connectivity index (χ4v) is 1.99. The highest BCUT2D eigenvalue weighted by Crippen LogP contribution is 2.21. The van der Waals surface area contributed by atoms with Crippen LogP contribution in [0, 0.1) is 6.92 Å². The van der Waals surface area contributed by atoms with E-state index in [0.29, 0.717) is 0 Å². The van der Waals surface area contributed by atoms with Gasteiger partial charge in [-0.25, -0.2) is 0 Å². The highest BCUT2D eigenvalue weighted by Gasteiger charge is 2.02. The van der Waals surface area contributed by atoms with Crippen LogP contribution in [0.1, 0.15) is 18.1 Å². The van der Waals surface area contributed by atoms with Crippen molar-refractivity contribution in [2.75, 3.05) is 24.3 Å². The molecule has 0 aliphatic carbocycles. The summed E-state index contributed by atoms with van der Waals surface area (Å²) in [4.78, 5) is 2.11. The van der Waals surface area contributed by atoms with Gasteiger partial charge in [0.15, 0.2) is 0 Å². The zero-order chi connectivity index (χ0) is 13.8. The Balaban J connectivity index is 2.03. The molecule has 0 amide bonds. The number of nitrogens with one attached hydrogen (secondary N) is 1. The quantitative estimate of drug-likeness (QED) is 0.895. The fraction of sp³-hybridized carbons (Fsp3) is 0.400. The minimum atomic E-state index is 0.808. The minimum absolute atomic E-state index is 0.808. The molecular weight excluding hydrogens is 236 g/mol. The van der Waals surface area contributed by atoms with Crippen LogP contribution in [0.3, 0.4) is 0 Å². The van der Waals surface area contributed by atoms with E-state index in [9.17, 15) is 0 Å². The summed E-state index contributed by atoms with van der Waals surface area (Å²) in [5, 5.41) is 7.74. The Hall–Kier alpha value is -1.97. The molecule has 0 bridgehead atoms. The van der Waals surface area contributed by atoms with Gasteiger partial charge in [0.2, 0.25) is 0 Å². The number of aryl methyl sites for hydroxylation is 2. The van der Waals surface area contributed by atoms with Crippen molar-refractivity contribution in [3.63, 3.8) is 0 Å². The third-order valence-electron chi connectivity index (χ3n) is 3.22. The molecule has 0 aliphatic heterocycles. The molecule has 4 heteroatoms. The van der Waals surface area contributed by atoms with Crippen LogP contribution in [0.25, 0.3) is 0 Å². The molecule has 0 saturated carbocycles. The molecule has 0 unspecified atom stereocenters. The smallest absolute Gasteiger partial charge is 0.0539 e. The summed E-state index contributed by atoms with van der Waals surface area (Å²) in [5.41, 5.74) is 4.86. The lowest BCUT2D eigenvalue weighted by molar-refractivity contribution is 0.659. The lowest BCUT2D eigenvalue weighted by Gasteiger charge is -2.15. The maximum atomic E-state index is 4.28. The Kier molecular flexibility index (Phi) is 4.10. The van der Waals surface area contributed by atoms with E-state index in [1.54, 1.807) is 0 Å². The summed E-state index contributed by atoms with van der Waals surface area (Å²) in [7, 11) is 4.11. The molecule has 2 aromatic rings. The molecule has 1 heterocycles. The van der Waals surface area contributed by atoms with E-state index in [2.05, 4.69) is 67.7 Å². The standard InChI is InChI=1S/C15H22N4/c1-5-19-11-13(10-17-19)9-16-15-7-6-14(18(3)4)8-12(15)2/h6-8,10-11,16H,5,9H2,1-4H3. The molecule has 1 aromatic carbocycles. The summed E-state index contributed by atoms with van der Waals surface area (Å²) in [5.74, 6) is 0. The van der Waals surface area contributed by atoms with Crippen molar-refractivity contribution >= 4 is 11.4 Å². The van der Waals surface area contributed by atoms with Crippen LogP contribution in [0.2, 0.25) is 0 Å². The molecule has 0 fully saturated rings. The topological polar surface area (TPSA) is 33.1 Å². The molecule has 1 aromatic heterocycles. The Morgan fingerprint density at radius 1 is 1.32 bits per heavy atom. The highest BCUT2D eigenvalue weighted by atomic mass is 15.3. The number of aromatic nitrogens is 2. The average Bonchev–Trinajstić information content (AvgIpc) is 2.85. The Labute approximate surface area is 115 Å². The van der Waals surface area contributed by atoms with E-state index in [0.717, 1.165) is 13.1 Å². The molecule has 19 heavy (non-hydrogen) atoms. The number of anilines is 2. The van der Waals surface area contributed by atoms with Crippen molar-refractivity contribution < 1.29 is 0 Å². The van der Waals surface area contributed by atoms with Crippen LogP contribution < -0.4 is 10.2 Å². The van der Waals surface area contributed by atoms with Gasteiger partial charge in [-0.05, 0) is 37.6 Å². The monoisotopic (exact) mass is 258 g/mol. The van der Waals surface area contributed by atoms with Crippen LogP contribution >= 0.6 is 0 Å². The van der Waals surface area contributed by atoms with Gasteiger partial charge in [-0.1, -0.05) is 0 Å². The predicted octanol–water partition coefficient (Wildman–Crippen LogP) is 2.89. The highest BCUT2D eigenvalue weighted by molar-refractivity contribution is 5.59. The van der Waals surface area contributed by atoms with Gasteiger partial charge in [0.25, 0.3) is 0 Å². The predicted molar refractivity (Wildman–Crippen MR) is 80.7 cm³/mol. The summed E-state index contributed by atoms with van der Waals surface area (Å²) >= 11 is 0. The van der Waals surface area contributed by atoms with Gasteiger partial charge in [-0.15, -0.1) is 0 Å². The van der Waals surface area contributed by atoms with Crippen LogP contribution in [0.5, 0.6) is 0 Å². The molecular formula is C15H22N4. The lowest BCUT2D eigenvalue weighted by atomic mass is 10.1. The maximum Gasteiger partial charge on any atom is 0.0539 e. The number of hydrogen-bond donors (Lipinski definition) is 1. The summed E-state index contributed by atoms with van der Waals surface area (Å²) < 4.78 is 1.94. The molecule has 2 rings (SSSR count). The van der Waals surface area contributed by atoms with Gasteiger partial charge in [0, 0.05) is 50.3 Å². The normalized spacial score (nSPS) is 10.5. The zero-order valence-electron chi connectivity index (χ0n) is 12.1. The summed E-state index contributed by atoms with van der Waals surface area (Å²) in [6.45, 7) is 5.94. The second kappa shape index (κ2) is 5.78. The van der Waals surface area contributed by atoms with E-state index < -0.39 is 0 Å². The van der Waals surface area contributed by atoms with Crippen LogP contribution in [0.4, 0.5) is 11.4 Å². The Morgan fingerprint density at radius 3 is 2.68 bits per heavy atom. The first-order valence-electron chi connectivity index (χ1n) is 6.63. The number of rotatable bonds is 5. The van der Waals surface area contributed by atoms with E-state index in [-0.39, 0.29) is 0 Å². The van der Waals surface area contributed by atoms with Crippen LogP contribution in [0.15, 0.2) is 30.6 Å². The molecule has 1 N–H and O–H groups in total. The van der Waals surface area contributed by atoms with Crippen molar-refractivity contribution in [3.8, 4) is 0 Å². The van der Waals surface area contributed by atoms with Crippen LogP contribution in [-0.4, -0.2) is 23.9 Å².